The fourth-order valence-corrected chi connectivity index (χ4v) is 2.78. The van der Waals surface area contributed by atoms with Crippen molar-refractivity contribution in [3.8, 4) is 0 Å². The number of rotatable bonds is 6. The van der Waals surface area contributed by atoms with Crippen LogP contribution < -0.4 is 11.5 Å². The second-order valence-corrected chi connectivity index (χ2v) is 7.12. The summed E-state index contributed by atoms with van der Waals surface area (Å²) in [5.74, 6) is -2.50. The first-order valence-electron chi connectivity index (χ1n) is 8.24. The molecule has 1 aromatic carbocycles. The second kappa shape index (κ2) is 10.5. The Labute approximate surface area is 175 Å². The number of carbonyl (C=O) groups is 2. The third kappa shape index (κ3) is 8.90. The molecule has 2 aromatic rings. The van der Waals surface area contributed by atoms with E-state index in [1.54, 1.807) is 11.6 Å². The van der Waals surface area contributed by atoms with E-state index in [9.17, 15) is 35.9 Å². The predicted octanol–water partition coefficient (Wildman–Crippen LogP) is 2.78. The van der Waals surface area contributed by atoms with E-state index in [2.05, 4.69) is 4.98 Å². The summed E-state index contributed by atoms with van der Waals surface area (Å²) in [6, 6.07) is -1.54. The second-order valence-electron chi connectivity index (χ2n) is 6.14. The minimum absolute atomic E-state index is 0.0320. The maximum atomic E-state index is 12.5. The number of hydrogen-bond donors (Lipinski definition) is 4. The van der Waals surface area contributed by atoms with Gasteiger partial charge in [0.1, 0.15) is 12.1 Å². The van der Waals surface area contributed by atoms with Crippen molar-refractivity contribution in [1.29, 1.82) is 0 Å². The molecular weight excluding hydrogens is 456 g/mol. The molecule has 0 aliphatic rings. The van der Waals surface area contributed by atoms with Gasteiger partial charge in [-0.15, -0.1) is 11.3 Å². The third-order valence-electron chi connectivity index (χ3n) is 3.62. The fourth-order valence-electron chi connectivity index (χ4n) is 2.11. The van der Waals surface area contributed by atoms with Crippen molar-refractivity contribution in [2.24, 2.45) is 11.5 Å². The molecule has 14 heteroatoms. The normalized spacial score (nSPS) is 13.7. The van der Waals surface area contributed by atoms with Crippen LogP contribution in [0.2, 0.25) is 0 Å². The van der Waals surface area contributed by atoms with Crippen molar-refractivity contribution in [1.82, 2.24) is 4.98 Å². The zero-order chi connectivity index (χ0) is 24.0. The van der Waals surface area contributed by atoms with E-state index >= 15 is 0 Å². The number of nitrogens with two attached hydrogens (primary N) is 2. The lowest BCUT2D eigenvalue weighted by molar-refractivity contribution is -0.143. The summed E-state index contributed by atoms with van der Waals surface area (Å²) in [7, 11) is 0. The average Bonchev–Trinajstić information content (AvgIpc) is 3.13. The molecule has 0 fully saturated rings. The van der Waals surface area contributed by atoms with E-state index in [1.807, 2.05) is 0 Å². The number of alkyl halides is 6. The van der Waals surface area contributed by atoms with Crippen LogP contribution in [0, 0.1) is 0 Å². The number of halogens is 6. The summed E-state index contributed by atoms with van der Waals surface area (Å²) in [5, 5.41) is 19.5. The van der Waals surface area contributed by atoms with Gasteiger partial charge in [0.2, 0.25) is 0 Å². The molecule has 172 valence electrons. The summed E-state index contributed by atoms with van der Waals surface area (Å²) in [5.41, 5.74) is 6.94. The molecule has 0 bridgehead atoms. The molecule has 1 heterocycles. The Morgan fingerprint density at radius 2 is 1.35 bits per heavy atom. The largest absolute Gasteiger partial charge is 0.480 e. The first-order chi connectivity index (χ1) is 14.1. The lowest BCUT2D eigenvalue weighted by Gasteiger charge is -2.15. The van der Waals surface area contributed by atoms with Gasteiger partial charge < -0.3 is 21.7 Å². The van der Waals surface area contributed by atoms with Gasteiger partial charge >= 0.3 is 24.3 Å². The maximum absolute atomic E-state index is 12.5. The molecule has 0 spiro atoms. The minimum atomic E-state index is -4.97. The molecule has 31 heavy (non-hydrogen) atoms. The van der Waals surface area contributed by atoms with Crippen LogP contribution in [0.5, 0.6) is 0 Å². The Morgan fingerprint density at radius 3 is 1.71 bits per heavy atom. The van der Waals surface area contributed by atoms with Gasteiger partial charge in [-0.25, -0.2) is 4.98 Å². The van der Waals surface area contributed by atoms with E-state index in [-0.39, 0.29) is 6.07 Å². The molecule has 1 aromatic heterocycles. The number of thiazole rings is 1. The van der Waals surface area contributed by atoms with Crippen LogP contribution in [0.4, 0.5) is 26.3 Å². The molecule has 7 nitrogen and oxygen atoms in total. The molecule has 2 atom stereocenters. The van der Waals surface area contributed by atoms with Crippen molar-refractivity contribution >= 4 is 23.3 Å². The Bertz CT molecular complexity index is 855. The average molecular weight is 473 g/mol. The summed E-state index contributed by atoms with van der Waals surface area (Å²) < 4.78 is 75.1. The highest BCUT2D eigenvalue weighted by molar-refractivity contribution is 7.09. The van der Waals surface area contributed by atoms with Crippen molar-refractivity contribution in [2.75, 3.05) is 0 Å². The van der Waals surface area contributed by atoms with Gasteiger partial charge in [0.05, 0.1) is 16.1 Å². The van der Waals surface area contributed by atoms with Crippen molar-refractivity contribution in [3.63, 3.8) is 0 Å². The minimum Gasteiger partial charge on any atom is -0.480 e. The lowest BCUT2D eigenvalue weighted by Crippen LogP contribution is -2.32. The van der Waals surface area contributed by atoms with Crippen LogP contribution in [0.1, 0.15) is 21.7 Å². The number of nitrogens with zero attached hydrogens (tertiary/aromatic N) is 1. The highest BCUT2D eigenvalue weighted by atomic mass is 32.1. The van der Waals surface area contributed by atoms with Crippen molar-refractivity contribution in [2.45, 2.75) is 37.3 Å². The first-order valence-corrected chi connectivity index (χ1v) is 9.12. The smallest absolute Gasteiger partial charge is 0.416 e. The lowest BCUT2D eigenvalue weighted by atomic mass is 10.00. The van der Waals surface area contributed by atoms with Gasteiger partial charge in [0.25, 0.3) is 0 Å². The zero-order valence-corrected chi connectivity index (χ0v) is 16.3. The van der Waals surface area contributed by atoms with E-state index < -0.39 is 59.5 Å². The topological polar surface area (TPSA) is 140 Å². The van der Waals surface area contributed by atoms with E-state index in [0.717, 1.165) is 5.01 Å². The monoisotopic (exact) mass is 473 g/mol. The molecule has 0 saturated heterocycles. The number of aliphatic carboxylic acids is 2. The standard InChI is InChI=1S/C11H9F6NO2.C6H8N2O2S/c12-10(13,14)6-1-5(3-8(18)9(19)20)2-7(4-6)11(15,16)17;7-4(6(9)10)3-5-8-1-2-11-5/h1-2,4,8H,3,18H2,(H,19,20);1-2,4H,3,7H2,(H,9,10)/t8-;4-/m00/s1. The van der Waals surface area contributed by atoms with Gasteiger partial charge in [-0.05, 0) is 30.2 Å². The molecule has 0 unspecified atom stereocenters. The van der Waals surface area contributed by atoms with E-state index in [1.165, 1.54) is 11.3 Å². The van der Waals surface area contributed by atoms with Gasteiger partial charge in [0, 0.05) is 18.0 Å². The summed E-state index contributed by atoms with van der Waals surface area (Å²) in [6.45, 7) is 0. The van der Waals surface area contributed by atoms with Crippen molar-refractivity contribution < 1.29 is 46.1 Å². The van der Waals surface area contributed by atoms with Crippen LogP contribution in [-0.4, -0.2) is 39.2 Å². The first kappa shape index (κ1) is 26.3. The molecule has 0 aliphatic carbocycles. The van der Waals surface area contributed by atoms with Gasteiger partial charge in [0.15, 0.2) is 0 Å². The van der Waals surface area contributed by atoms with Crippen LogP contribution in [0.15, 0.2) is 29.8 Å². The molecule has 0 saturated carbocycles. The van der Waals surface area contributed by atoms with Crippen LogP contribution in [-0.2, 0) is 34.8 Å². The number of hydrogen-bond acceptors (Lipinski definition) is 6. The number of carboxylic acids is 2. The number of benzene rings is 1. The maximum Gasteiger partial charge on any atom is 0.416 e. The van der Waals surface area contributed by atoms with E-state index in [4.69, 9.17) is 21.7 Å². The summed E-state index contributed by atoms with van der Waals surface area (Å²) in [6.07, 6.45) is -8.63. The summed E-state index contributed by atoms with van der Waals surface area (Å²) in [4.78, 5) is 24.7. The Hall–Kier alpha value is -2.71. The highest BCUT2D eigenvalue weighted by Crippen LogP contribution is 2.36. The SMILES string of the molecule is N[C@@H](Cc1cc(C(F)(F)F)cc(C(F)(F)F)c1)C(=O)O.N[C@@H](Cc1nccs1)C(=O)O. The molecule has 6 N–H and O–H groups in total. The van der Waals surface area contributed by atoms with Crippen molar-refractivity contribution in [3.05, 3.63) is 51.5 Å². The van der Waals surface area contributed by atoms with Gasteiger partial charge in [-0.3, -0.25) is 9.59 Å². The zero-order valence-electron chi connectivity index (χ0n) is 15.4. The van der Waals surface area contributed by atoms with E-state index in [0.29, 0.717) is 18.6 Å². The fraction of sp³-hybridized carbons (Fsp3) is 0.353. The quantitative estimate of drug-likeness (QED) is 0.473. The third-order valence-corrected chi connectivity index (χ3v) is 4.42. The predicted molar refractivity (Wildman–Crippen MR) is 97.2 cm³/mol. The Balaban J connectivity index is 0.000000367. The van der Waals surface area contributed by atoms with Crippen LogP contribution >= 0.6 is 11.3 Å². The van der Waals surface area contributed by atoms with Crippen LogP contribution in [0.25, 0.3) is 0 Å². The molecule has 0 aliphatic heterocycles. The van der Waals surface area contributed by atoms with Gasteiger partial charge in [-0.2, -0.15) is 26.3 Å². The summed E-state index contributed by atoms with van der Waals surface area (Å²) >= 11 is 1.41. The molecular formula is C17H17F6N3O4S. The number of aromatic nitrogens is 1. The van der Waals surface area contributed by atoms with Crippen LogP contribution in [0.3, 0.4) is 0 Å². The molecule has 2 rings (SSSR count). The molecule has 0 amide bonds. The number of carboxylic acid groups (broad SMARTS) is 2. The Kier molecular flexibility index (Phi) is 8.96. The molecule has 0 radical (unpaired) electrons. The highest BCUT2D eigenvalue weighted by Gasteiger charge is 2.37. The van der Waals surface area contributed by atoms with Gasteiger partial charge in [-0.1, -0.05) is 0 Å². The Morgan fingerprint density at radius 1 is 0.903 bits per heavy atom.